The van der Waals surface area contributed by atoms with Crippen LogP contribution in [0.2, 0.25) is 0 Å². The maximum absolute atomic E-state index is 10.1. The van der Waals surface area contributed by atoms with Crippen molar-refractivity contribution in [1.29, 1.82) is 0 Å². The van der Waals surface area contributed by atoms with Crippen molar-refractivity contribution in [2.75, 3.05) is 0 Å². The zero-order chi connectivity index (χ0) is 17.1. The SMILES string of the molecule is C/C=C(\C)C1=CCC2C3CC=C4CC(O)CCC4(C)C3CCC12C. The van der Waals surface area contributed by atoms with E-state index in [0.29, 0.717) is 10.8 Å². The predicted octanol–water partition coefficient (Wildman–Crippen LogP) is 5.81. The molecule has 0 radical (unpaired) electrons. The molecule has 24 heavy (non-hydrogen) atoms. The summed E-state index contributed by atoms with van der Waals surface area (Å²) in [5.41, 5.74) is 5.49. The number of allylic oxidation sites excluding steroid dienone is 5. The van der Waals surface area contributed by atoms with E-state index < -0.39 is 0 Å². The van der Waals surface area contributed by atoms with Crippen molar-refractivity contribution >= 4 is 0 Å². The minimum Gasteiger partial charge on any atom is -0.393 e. The lowest BCUT2D eigenvalue weighted by atomic mass is 9.47. The summed E-state index contributed by atoms with van der Waals surface area (Å²) in [6.07, 6.45) is 15.7. The number of hydrogen-bond acceptors (Lipinski definition) is 1. The zero-order valence-corrected chi connectivity index (χ0v) is 15.9. The molecular formula is C23H34O. The van der Waals surface area contributed by atoms with Gasteiger partial charge in [0.1, 0.15) is 0 Å². The second kappa shape index (κ2) is 5.59. The molecule has 0 aromatic heterocycles. The van der Waals surface area contributed by atoms with Crippen molar-refractivity contribution in [3.05, 3.63) is 34.9 Å². The summed E-state index contributed by atoms with van der Waals surface area (Å²) in [6.45, 7) is 9.55. The summed E-state index contributed by atoms with van der Waals surface area (Å²) in [4.78, 5) is 0. The highest BCUT2D eigenvalue weighted by molar-refractivity contribution is 5.40. The number of rotatable bonds is 1. The van der Waals surface area contributed by atoms with Gasteiger partial charge in [0.05, 0.1) is 6.10 Å². The van der Waals surface area contributed by atoms with Crippen molar-refractivity contribution < 1.29 is 5.11 Å². The molecule has 1 N–H and O–H groups in total. The van der Waals surface area contributed by atoms with Gasteiger partial charge < -0.3 is 5.11 Å². The van der Waals surface area contributed by atoms with Crippen LogP contribution < -0.4 is 0 Å². The minimum atomic E-state index is -0.0909. The monoisotopic (exact) mass is 326 g/mol. The lowest BCUT2D eigenvalue weighted by Crippen LogP contribution is -2.50. The quantitative estimate of drug-likeness (QED) is 0.603. The first-order valence-electron chi connectivity index (χ1n) is 10.1. The van der Waals surface area contributed by atoms with E-state index in [-0.39, 0.29) is 6.10 Å². The molecule has 4 rings (SSSR count). The fraction of sp³-hybridized carbons (Fsp3) is 0.739. The van der Waals surface area contributed by atoms with Crippen molar-refractivity contribution in [2.24, 2.45) is 28.6 Å². The van der Waals surface area contributed by atoms with Crippen LogP contribution in [0.5, 0.6) is 0 Å². The molecule has 0 aromatic carbocycles. The van der Waals surface area contributed by atoms with E-state index in [2.05, 4.69) is 45.9 Å². The zero-order valence-electron chi connectivity index (χ0n) is 15.9. The maximum Gasteiger partial charge on any atom is 0.0577 e. The first kappa shape index (κ1) is 16.6. The maximum atomic E-state index is 10.1. The molecular weight excluding hydrogens is 292 g/mol. The average Bonchev–Trinajstić information content (AvgIpc) is 2.92. The average molecular weight is 327 g/mol. The molecule has 0 amide bonds. The number of fused-ring (bicyclic) bond motifs is 5. The highest BCUT2D eigenvalue weighted by Gasteiger charge is 2.56. The second-order valence-electron chi connectivity index (χ2n) is 9.44. The molecule has 6 unspecified atom stereocenters. The van der Waals surface area contributed by atoms with Crippen LogP contribution in [0.3, 0.4) is 0 Å². The van der Waals surface area contributed by atoms with Crippen LogP contribution in [0.25, 0.3) is 0 Å². The first-order chi connectivity index (χ1) is 11.4. The molecule has 4 aliphatic carbocycles. The van der Waals surface area contributed by atoms with Gasteiger partial charge in [0, 0.05) is 0 Å². The van der Waals surface area contributed by atoms with E-state index >= 15 is 0 Å². The Morgan fingerprint density at radius 1 is 1.08 bits per heavy atom. The van der Waals surface area contributed by atoms with Crippen LogP contribution in [0, 0.1) is 28.6 Å². The smallest absolute Gasteiger partial charge is 0.0577 e. The Morgan fingerprint density at radius 2 is 1.83 bits per heavy atom. The minimum absolute atomic E-state index is 0.0909. The molecule has 1 nitrogen and oxygen atoms in total. The van der Waals surface area contributed by atoms with Gasteiger partial charge in [-0.3, -0.25) is 0 Å². The second-order valence-corrected chi connectivity index (χ2v) is 9.44. The van der Waals surface area contributed by atoms with Crippen molar-refractivity contribution in [3.63, 3.8) is 0 Å². The largest absolute Gasteiger partial charge is 0.393 e. The van der Waals surface area contributed by atoms with Gasteiger partial charge in [0.2, 0.25) is 0 Å². The molecule has 0 aromatic rings. The van der Waals surface area contributed by atoms with Gasteiger partial charge in [-0.2, -0.15) is 0 Å². The van der Waals surface area contributed by atoms with E-state index in [9.17, 15) is 5.11 Å². The topological polar surface area (TPSA) is 20.2 Å². The Bertz CT molecular complexity index is 624. The number of hydrogen-bond donors (Lipinski definition) is 1. The Labute approximate surface area is 147 Å². The van der Waals surface area contributed by atoms with Crippen LogP contribution in [-0.2, 0) is 0 Å². The molecule has 0 spiro atoms. The first-order valence-corrected chi connectivity index (χ1v) is 10.1. The van der Waals surface area contributed by atoms with Gasteiger partial charge in [-0.25, -0.2) is 0 Å². The van der Waals surface area contributed by atoms with Gasteiger partial charge in [-0.1, -0.05) is 43.2 Å². The molecule has 132 valence electrons. The fourth-order valence-electron chi connectivity index (χ4n) is 6.98. The van der Waals surface area contributed by atoms with Crippen LogP contribution in [0.1, 0.15) is 72.6 Å². The molecule has 2 saturated carbocycles. The highest BCUT2D eigenvalue weighted by Crippen LogP contribution is 2.65. The van der Waals surface area contributed by atoms with Crippen LogP contribution in [0.4, 0.5) is 0 Å². The summed E-state index contributed by atoms with van der Waals surface area (Å²) in [5.74, 6) is 2.50. The number of aliphatic hydroxyl groups is 1. The molecule has 0 saturated heterocycles. The molecule has 0 heterocycles. The van der Waals surface area contributed by atoms with Gasteiger partial charge in [-0.05, 0) is 93.0 Å². The van der Waals surface area contributed by atoms with Gasteiger partial charge >= 0.3 is 0 Å². The lowest BCUT2D eigenvalue weighted by molar-refractivity contribution is -0.0287. The summed E-state index contributed by atoms with van der Waals surface area (Å²) in [7, 11) is 0. The molecule has 2 fully saturated rings. The predicted molar refractivity (Wildman–Crippen MR) is 101 cm³/mol. The summed E-state index contributed by atoms with van der Waals surface area (Å²) >= 11 is 0. The van der Waals surface area contributed by atoms with E-state index in [4.69, 9.17) is 0 Å². The van der Waals surface area contributed by atoms with E-state index in [1.165, 1.54) is 37.7 Å². The Hall–Kier alpha value is -0.820. The Balaban J connectivity index is 1.66. The van der Waals surface area contributed by atoms with Crippen molar-refractivity contribution in [1.82, 2.24) is 0 Å². The van der Waals surface area contributed by atoms with Crippen molar-refractivity contribution in [2.45, 2.75) is 78.7 Å². The third-order valence-electron chi connectivity index (χ3n) is 8.52. The van der Waals surface area contributed by atoms with Crippen molar-refractivity contribution in [3.8, 4) is 0 Å². The molecule has 1 heteroatoms. The summed E-state index contributed by atoms with van der Waals surface area (Å²) in [6, 6.07) is 0. The van der Waals surface area contributed by atoms with E-state index in [0.717, 1.165) is 30.6 Å². The number of aliphatic hydroxyl groups excluding tert-OH is 1. The van der Waals surface area contributed by atoms with E-state index in [1.54, 1.807) is 11.1 Å². The highest BCUT2D eigenvalue weighted by atomic mass is 16.3. The standard InChI is InChI=1S/C23H34O/c1-5-15(2)19-8-9-20-18-7-6-16-14-17(24)10-12-22(16,3)21(18)11-13-23(19,20)4/h5-6,8,17-18,20-21,24H,7,9-14H2,1-4H3/b15-5+. The van der Waals surface area contributed by atoms with Crippen LogP contribution >= 0.6 is 0 Å². The summed E-state index contributed by atoms with van der Waals surface area (Å²) < 4.78 is 0. The fourth-order valence-corrected chi connectivity index (χ4v) is 6.98. The Kier molecular flexibility index (Phi) is 3.88. The Morgan fingerprint density at radius 3 is 2.58 bits per heavy atom. The van der Waals surface area contributed by atoms with E-state index in [1.807, 2.05) is 0 Å². The van der Waals surface area contributed by atoms with Gasteiger partial charge in [0.15, 0.2) is 0 Å². The molecule has 0 aliphatic heterocycles. The third-order valence-corrected chi connectivity index (χ3v) is 8.52. The normalized spacial score (nSPS) is 48.1. The van der Waals surface area contributed by atoms with Gasteiger partial charge in [-0.15, -0.1) is 0 Å². The summed E-state index contributed by atoms with van der Waals surface area (Å²) in [5, 5.41) is 10.1. The third kappa shape index (κ3) is 2.16. The van der Waals surface area contributed by atoms with Crippen LogP contribution in [0.15, 0.2) is 34.9 Å². The lowest BCUT2D eigenvalue weighted by Gasteiger charge is -2.57. The molecule has 6 atom stereocenters. The van der Waals surface area contributed by atoms with Gasteiger partial charge in [0.25, 0.3) is 0 Å². The molecule has 4 aliphatic rings. The molecule has 0 bridgehead atoms. The van der Waals surface area contributed by atoms with Crippen LogP contribution in [-0.4, -0.2) is 11.2 Å².